The van der Waals surface area contributed by atoms with Gasteiger partial charge in [0.15, 0.2) is 0 Å². The summed E-state index contributed by atoms with van der Waals surface area (Å²) < 4.78 is 0. The third-order valence-electron chi connectivity index (χ3n) is 5.65. The number of benzene rings is 1. The number of nitrogens with one attached hydrogen (secondary N) is 1. The molecule has 1 amide bonds. The van der Waals surface area contributed by atoms with Crippen LogP contribution in [0.3, 0.4) is 0 Å². The number of fused-ring (bicyclic) bond motifs is 3. The first-order valence-corrected chi connectivity index (χ1v) is 8.96. The quantitative estimate of drug-likeness (QED) is 0.877. The second kappa shape index (κ2) is 5.85. The average Bonchev–Trinajstić information content (AvgIpc) is 2.88. The Labute approximate surface area is 143 Å². The van der Waals surface area contributed by atoms with E-state index in [1.54, 1.807) is 0 Å². The van der Waals surface area contributed by atoms with E-state index in [-0.39, 0.29) is 5.91 Å². The van der Waals surface area contributed by atoms with Gasteiger partial charge in [-0.25, -0.2) is 0 Å². The van der Waals surface area contributed by atoms with Gasteiger partial charge in [-0.05, 0) is 57.7 Å². The highest BCUT2D eigenvalue weighted by Crippen LogP contribution is 2.27. The number of hydrogen-bond acceptors (Lipinski definition) is 3. The number of nitrogens with zero attached hydrogens (tertiary/aromatic N) is 2. The Balaban J connectivity index is 1.78. The summed E-state index contributed by atoms with van der Waals surface area (Å²) in [6, 6.07) is 7.24. The topological polar surface area (TPSA) is 45.2 Å². The molecule has 4 heteroatoms. The highest BCUT2D eigenvalue weighted by atomic mass is 16.2. The number of likely N-dealkylation sites (tertiary alicyclic amines) is 1. The lowest BCUT2D eigenvalue weighted by molar-refractivity contribution is 0.0749. The van der Waals surface area contributed by atoms with Crippen molar-refractivity contribution >= 4 is 16.8 Å². The van der Waals surface area contributed by atoms with E-state index in [1.807, 2.05) is 19.9 Å². The highest BCUT2D eigenvalue weighted by molar-refractivity contribution is 6.07. The number of hydrogen-bond donors (Lipinski definition) is 1. The van der Waals surface area contributed by atoms with Crippen molar-refractivity contribution in [1.29, 1.82) is 0 Å². The van der Waals surface area contributed by atoms with Crippen LogP contribution in [0.1, 0.15) is 46.4 Å². The minimum absolute atomic E-state index is 0.169. The molecule has 0 aliphatic carbocycles. The number of amides is 1. The Morgan fingerprint density at radius 1 is 1.17 bits per heavy atom. The van der Waals surface area contributed by atoms with Crippen molar-refractivity contribution in [1.82, 2.24) is 15.2 Å². The van der Waals surface area contributed by atoms with E-state index in [0.29, 0.717) is 12.1 Å². The molecule has 24 heavy (non-hydrogen) atoms. The van der Waals surface area contributed by atoms with Crippen LogP contribution in [0.4, 0.5) is 0 Å². The Morgan fingerprint density at radius 2 is 1.96 bits per heavy atom. The molecule has 2 aromatic rings. The summed E-state index contributed by atoms with van der Waals surface area (Å²) >= 11 is 0. The molecule has 2 saturated heterocycles. The third-order valence-corrected chi connectivity index (χ3v) is 5.65. The second-order valence-electron chi connectivity index (χ2n) is 7.40. The lowest BCUT2D eigenvalue weighted by Gasteiger charge is -2.26. The Morgan fingerprint density at radius 3 is 2.79 bits per heavy atom. The molecule has 4 rings (SSSR count). The lowest BCUT2D eigenvalue weighted by Crippen LogP contribution is -2.39. The highest BCUT2D eigenvalue weighted by Gasteiger charge is 2.32. The van der Waals surface area contributed by atoms with Crippen LogP contribution in [0.15, 0.2) is 18.2 Å². The lowest BCUT2D eigenvalue weighted by atomic mass is 9.98. The summed E-state index contributed by atoms with van der Waals surface area (Å²) in [5.74, 6) is 0.169. The Kier molecular flexibility index (Phi) is 3.80. The molecule has 0 saturated carbocycles. The van der Waals surface area contributed by atoms with E-state index < -0.39 is 0 Å². The van der Waals surface area contributed by atoms with E-state index in [9.17, 15) is 4.79 Å². The van der Waals surface area contributed by atoms with Gasteiger partial charge in [-0.15, -0.1) is 0 Å². The van der Waals surface area contributed by atoms with Gasteiger partial charge >= 0.3 is 0 Å². The molecule has 126 valence electrons. The number of aryl methyl sites for hydroxylation is 2. The molecular formula is C20H25N3O. The van der Waals surface area contributed by atoms with Gasteiger partial charge in [-0.1, -0.05) is 11.6 Å². The summed E-state index contributed by atoms with van der Waals surface area (Å²) in [4.78, 5) is 20.1. The van der Waals surface area contributed by atoms with Crippen molar-refractivity contribution in [2.45, 2.75) is 52.1 Å². The maximum absolute atomic E-state index is 13.4. The third kappa shape index (κ3) is 2.59. The van der Waals surface area contributed by atoms with Crippen LogP contribution in [0, 0.1) is 20.8 Å². The van der Waals surface area contributed by atoms with Gasteiger partial charge in [-0.3, -0.25) is 9.78 Å². The van der Waals surface area contributed by atoms with Crippen LogP contribution in [0.25, 0.3) is 10.9 Å². The predicted octanol–water partition coefficient (Wildman–Crippen LogP) is 3.13. The van der Waals surface area contributed by atoms with E-state index in [0.717, 1.165) is 52.8 Å². The van der Waals surface area contributed by atoms with E-state index >= 15 is 0 Å². The summed E-state index contributed by atoms with van der Waals surface area (Å²) in [5.41, 5.74) is 4.89. The summed E-state index contributed by atoms with van der Waals surface area (Å²) in [5, 5.41) is 4.65. The second-order valence-corrected chi connectivity index (χ2v) is 7.40. The van der Waals surface area contributed by atoms with Crippen LogP contribution in [-0.2, 0) is 0 Å². The monoisotopic (exact) mass is 323 g/mol. The molecule has 0 radical (unpaired) electrons. The molecule has 1 N–H and O–H groups in total. The molecule has 1 aromatic heterocycles. The zero-order valence-electron chi connectivity index (χ0n) is 14.7. The maximum Gasteiger partial charge on any atom is 0.254 e. The zero-order valence-corrected chi connectivity index (χ0v) is 14.7. The number of rotatable bonds is 1. The van der Waals surface area contributed by atoms with Crippen molar-refractivity contribution in [3.63, 3.8) is 0 Å². The van der Waals surface area contributed by atoms with Gasteiger partial charge in [0.25, 0.3) is 5.91 Å². The fraction of sp³-hybridized carbons (Fsp3) is 0.500. The molecule has 0 unspecified atom stereocenters. The number of carbonyl (C=O) groups excluding carboxylic acids is 1. The zero-order chi connectivity index (χ0) is 16.8. The molecule has 2 bridgehead atoms. The first-order chi connectivity index (χ1) is 11.5. The van der Waals surface area contributed by atoms with Gasteiger partial charge in [0.05, 0.1) is 11.1 Å². The SMILES string of the molecule is Cc1ccc2nc(C)c(C)c(C(=O)N3CC[C@H]4CC[C@@H](C3)N4)c2c1. The summed E-state index contributed by atoms with van der Waals surface area (Å²) in [6.07, 6.45) is 3.49. The molecule has 3 heterocycles. The summed E-state index contributed by atoms with van der Waals surface area (Å²) in [7, 11) is 0. The van der Waals surface area contributed by atoms with Crippen molar-refractivity contribution in [3.05, 3.63) is 40.6 Å². The van der Waals surface area contributed by atoms with Crippen LogP contribution in [0.2, 0.25) is 0 Å². The van der Waals surface area contributed by atoms with Crippen molar-refractivity contribution in [2.75, 3.05) is 13.1 Å². The fourth-order valence-corrected chi connectivity index (χ4v) is 4.16. The van der Waals surface area contributed by atoms with E-state index in [4.69, 9.17) is 0 Å². The van der Waals surface area contributed by atoms with Crippen molar-refractivity contribution in [2.24, 2.45) is 0 Å². The molecule has 1 aromatic carbocycles. The van der Waals surface area contributed by atoms with Crippen molar-refractivity contribution < 1.29 is 4.79 Å². The first kappa shape index (κ1) is 15.6. The Hall–Kier alpha value is -1.94. The van der Waals surface area contributed by atoms with Gasteiger partial charge < -0.3 is 10.2 Å². The molecule has 4 nitrogen and oxygen atoms in total. The predicted molar refractivity (Wildman–Crippen MR) is 96.4 cm³/mol. The smallest absolute Gasteiger partial charge is 0.254 e. The van der Waals surface area contributed by atoms with Crippen molar-refractivity contribution in [3.8, 4) is 0 Å². The van der Waals surface area contributed by atoms with Crippen LogP contribution in [-0.4, -0.2) is 41.0 Å². The van der Waals surface area contributed by atoms with Gasteiger partial charge in [0.1, 0.15) is 0 Å². The van der Waals surface area contributed by atoms with Crippen LogP contribution in [0.5, 0.6) is 0 Å². The van der Waals surface area contributed by atoms with E-state index in [2.05, 4.69) is 34.3 Å². The van der Waals surface area contributed by atoms with Gasteiger partial charge in [0.2, 0.25) is 0 Å². The standard InChI is InChI=1S/C20H25N3O/c1-12-4-7-18-17(10-12)19(13(2)14(3)21-18)20(24)23-9-8-15-5-6-16(11-23)22-15/h4,7,10,15-16,22H,5-6,8-9,11H2,1-3H3/t15-,16+/m1/s1. The van der Waals surface area contributed by atoms with Crippen LogP contribution < -0.4 is 5.32 Å². The minimum Gasteiger partial charge on any atom is -0.337 e. The molecule has 2 aliphatic heterocycles. The molecule has 0 spiro atoms. The molecular weight excluding hydrogens is 298 g/mol. The largest absolute Gasteiger partial charge is 0.337 e. The average molecular weight is 323 g/mol. The van der Waals surface area contributed by atoms with Gasteiger partial charge in [-0.2, -0.15) is 0 Å². The molecule has 2 atom stereocenters. The molecule has 2 aliphatic rings. The summed E-state index contributed by atoms with van der Waals surface area (Å²) in [6.45, 7) is 7.76. The minimum atomic E-state index is 0.169. The first-order valence-electron chi connectivity index (χ1n) is 8.96. The number of carbonyl (C=O) groups is 1. The normalized spacial score (nSPS) is 23.5. The number of aromatic nitrogens is 1. The Bertz CT molecular complexity index is 814. The maximum atomic E-state index is 13.4. The van der Waals surface area contributed by atoms with Crippen LogP contribution >= 0.6 is 0 Å². The molecule has 2 fully saturated rings. The van der Waals surface area contributed by atoms with E-state index in [1.165, 1.54) is 12.8 Å². The number of pyridine rings is 1. The van der Waals surface area contributed by atoms with Gasteiger partial charge in [0, 0.05) is 36.3 Å². The fourth-order valence-electron chi connectivity index (χ4n) is 4.16.